The largest absolute Gasteiger partial charge is 0.373 e. The number of hydrogen-bond acceptors (Lipinski definition) is 2. The first-order valence-electron chi connectivity index (χ1n) is 7.35. The zero-order chi connectivity index (χ0) is 13.0. The average Bonchev–Trinajstić information content (AvgIpc) is 3.12. The smallest absolute Gasteiger partial charge is 0.106 e. The van der Waals surface area contributed by atoms with Crippen molar-refractivity contribution in [1.29, 1.82) is 0 Å². The molecule has 1 saturated carbocycles. The van der Waals surface area contributed by atoms with Crippen LogP contribution in [0.3, 0.4) is 0 Å². The first-order chi connectivity index (χ1) is 9.39. The van der Waals surface area contributed by atoms with Gasteiger partial charge in [0.1, 0.15) is 6.10 Å². The van der Waals surface area contributed by atoms with Gasteiger partial charge in [0.15, 0.2) is 0 Å². The summed E-state index contributed by atoms with van der Waals surface area (Å²) in [6.45, 7) is 1.35. The molecule has 102 valence electrons. The Morgan fingerprint density at radius 3 is 2.74 bits per heavy atom. The van der Waals surface area contributed by atoms with E-state index < -0.39 is 0 Å². The SMILES string of the molecule is C(=C\C1OC12CCCCC2)/COCc1ccccc1. The van der Waals surface area contributed by atoms with Gasteiger partial charge in [0.05, 0.1) is 18.8 Å². The number of benzene rings is 1. The van der Waals surface area contributed by atoms with Crippen LogP contribution in [0.5, 0.6) is 0 Å². The van der Waals surface area contributed by atoms with Gasteiger partial charge in [-0.25, -0.2) is 0 Å². The number of epoxide rings is 1. The van der Waals surface area contributed by atoms with Gasteiger partial charge in [-0.3, -0.25) is 0 Å². The molecule has 1 aromatic carbocycles. The Hall–Kier alpha value is -1.12. The Balaban J connectivity index is 1.36. The Labute approximate surface area is 115 Å². The monoisotopic (exact) mass is 258 g/mol. The summed E-state index contributed by atoms with van der Waals surface area (Å²) in [6, 6.07) is 10.3. The van der Waals surface area contributed by atoms with Gasteiger partial charge in [0, 0.05) is 0 Å². The summed E-state index contributed by atoms with van der Waals surface area (Å²) in [5.41, 5.74) is 1.44. The van der Waals surface area contributed by atoms with Gasteiger partial charge in [-0.05, 0) is 18.4 Å². The maximum absolute atomic E-state index is 5.87. The van der Waals surface area contributed by atoms with Crippen molar-refractivity contribution < 1.29 is 9.47 Å². The second-order valence-electron chi connectivity index (χ2n) is 5.59. The lowest BCUT2D eigenvalue weighted by molar-refractivity contribution is 0.148. The highest BCUT2D eigenvalue weighted by Gasteiger charge is 2.54. The fourth-order valence-electron chi connectivity index (χ4n) is 2.98. The van der Waals surface area contributed by atoms with Crippen molar-refractivity contribution in [3.8, 4) is 0 Å². The highest BCUT2D eigenvalue weighted by Crippen LogP contribution is 2.48. The van der Waals surface area contributed by atoms with Crippen LogP contribution in [0.1, 0.15) is 37.7 Å². The van der Waals surface area contributed by atoms with E-state index in [0.717, 1.165) is 0 Å². The molecule has 1 spiro atoms. The third kappa shape index (κ3) is 3.26. The molecule has 2 heteroatoms. The van der Waals surface area contributed by atoms with E-state index >= 15 is 0 Å². The van der Waals surface area contributed by atoms with Crippen molar-refractivity contribution in [2.24, 2.45) is 0 Å². The second kappa shape index (κ2) is 5.89. The lowest BCUT2D eigenvalue weighted by Crippen LogP contribution is -2.18. The van der Waals surface area contributed by atoms with Crippen molar-refractivity contribution in [2.45, 2.75) is 50.4 Å². The van der Waals surface area contributed by atoms with E-state index in [-0.39, 0.29) is 5.60 Å². The molecule has 2 aliphatic rings. The normalized spacial score (nSPS) is 24.9. The lowest BCUT2D eigenvalue weighted by Gasteiger charge is -2.17. The number of hydrogen-bond donors (Lipinski definition) is 0. The molecule has 1 atom stereocenters. The van der Waals surface area contributed by atoms with Gasteiger partial charge < -0.3 is 9.47 Å². The van der Waals surface area contributed by atoms with Crippen molar-refractivity contribution in [3.05, 3.63) is 48.0 Å². The van der Waals surface area contributed by atoms with Crippen LogP contribution in [0.4, 0.5) is 0 Å². The summed E-state index contributed by atoms with van der Waals surface area (Å²) >= 11 is 0. The van der Waals surface area contributed by atoms with E-state index in [4.69, 9.17) is 9.47 Å². The van der Waals surface area contributed by atoms with Crippen LogP contribution < -0.4 is 0 Å². The fraction of sp³-hybridized carbons (Fsp3) is 0.529. The van der Waals surface area contributed by atoms with E-state index in [1.807, 2.05) is 18.2 Å². The number of ether oxygens (including phenoxy) is 2. The Bertz CT molecular complexity index is 418. The fourth-order valence-corrected chi connectivity index (χ4v) is 2.98. The highest BCUT2D eigenvalue weighted by molar-refractivity contribution is 5.15. The van der Waals surface area contributed by atoms with Gasteiger partial charge in [-0.1, -0.05) is 61.7 Å². The molecule has 19 heavy (non-hydrogen) atoms. The molecule has 1 aromatic rings. The summed E-state index contributed by atoms with van der Waals surface area (Å²) in [6.07, 6.45) is 11.2. The maximum atomic E-state index is 5.87. The molecule has 1 saturated heterocycles. The lowest BCUT2D eigenvalue weighted by atomic mass is 9.86. The minimum Gasteiger partial charge on any atom is -0.373 e. The van der Waals surface area contributed by atoms with Crippen molar-refractivity contribution in [3.63, 3.8) is 0 Å². The van der Waals surface area contributed by atoms with Crippen molar-refractivity contribution in [2.75, 3.05) is 6.61 Å². The zero-order valence-corrected chi connectivity index (χ0v) is 11.4. The predicted octanol–water partition coefficient (Wildman–Crippen LogP) is 3.86. The molecule has 0 bridgehead atoms. The quantitative estimate of drug-likeness (QED) is 0.454. The second-order valence-corrected chi connectivity index (χ2v) is 5.59. The molecular weight excluding hydrogens is 236 g/mol. The van der Waals surface area contributed by atoms with E-state index in [9.17, 15) is 0 Å². The maximum Gasteiger partial charge on any atom is 0.106 e. The van der Waals surface area contributed by atoms with Gasteiger partial charge in [0.25, 0.3) is 0 Å². The molecule has 0 aromatic heterocycles. The van der Waals surface area contributed by atoms with E-state index in [1.54, 1.807) is 0 Å². The Morgan fingerprint density at radius 1 is 1.16 bits per heavy atom. The topological polar surface area (TPSA) is 21.8 Å². The summed E-state index contributed by atoms with van der Waals surface area (Å²) in [4.78, 5) is 0. The van der Waals surface area contributed by atoms with E-state index in [0.29, 0.717) is 19.3 Å². The third-order valence-corrected chi connectivity index (χ3v) is 4.16. The van der Waals surface area contributed by atoms with Crippen LogP contribution in [-0.2, 0) is 16.1 Å². The van der Waals surface area contributed by atoms with Gasteiger partial charge in [-0.15, -0.1) is 0 Å². The van der Waals surface area contributed by atoms with Crippen LogP contribution in [0.2, 0.25) is 0 Å². The first-order valence-corrected chi connectivity index (χ1v) is 7.35. The number of rotatable bonds is 5. The minimum absolute atomic E-state index is 0.216. The molecular formula is C17H22O2. The standard InChI is InChI=1S/C17H22O2/c1-3-8-15(9-4-1)14-18-13-7-10-16-17(19-16)11-5-2-6-12-17/h1,3-4,7-10,16H,2,5-6,11-14H2/b10-7+. The molecule has 0 N–H and O–H groups in total. The minimum atomic E-state index is 0.216. The summed E-state index contributed by atoms with van der Waals surface area (Å²) < 4.78 is 11.5. The van der Waals surface area contributed by atoms with Crippen LogP contribution in [0, 0.1) is 0 Å². The van der Waals surface area contributed by atoms with Crippen LogP contribution in [-0.4, -0.2) is 18.3 Å². The summed E-state index contributed by atoms with van der Waals surface area (Å²) in [5.74, 6) is 0. The van der Waals surface area contributed by atoms with Gasteiger partial charge in [-0.2, -0.15) is 0 Å². The predicted molar refractivity (Wildman–Crippen MR) is 75.9 cm³/mol. The molecule has 0 radical (unpaired) electrons. The Kier molecular flexibility index (Phi) is 4.00. The average molecular weight is 258 g/mol. The molecule has 3 rings (SSSR count). The van der Waals surface area contributed by atoms with Crippen molar-refractivity contribution >= 4 is 0 Å². The summed E-state index contributed by atoms with van der Waals surface area (Å²) in [7, 11) is 0. The van der Waals surface area contributed by atoms with E-state index in [2.05, 4.69) is 24.3 Å². The molecule has 2 fully saturated rings. The van der Waals surface area contributed by atoms with Crippen molar-refractivity contribution in [1.82, 2.24) is 0 Å². The Morgan fingerprint density at radius 2 is 1.95 bits per heavy atom. The third-order valence-electron chi connectivity index (χ3n) is 4.16. The molecule has 1 unspecified atom stereocenters. The molecule has 2 nitrogen and oxygen atoms in total. The molecule has 1 aliphatic carbocycles. The molecule has 0 amide bonds. The van der Waals surface area contributed by atoms with Crippen LogP contribution >= 0.6 is 0 Å². The van der Waals surface area contributed by atoms with Crippen LogP contribution in [0.15, 0.2) is 42.5 Å². The highest BCUT2D eigenvalue weighted by atomic mass is 16.6. The van der Waals surface area contributed by atoms with E-state index in [1.165, 1.54) is 37.7 Å². The van der Waals surface area contributed by atoms with Gasteiger partial charge in [0.2, 0.25) is 0 Å². The van der Waals surface area contributed by atoms with Crippen LogP contribution in [0.25, 0.3) is 0 Å². The first kappa shape index (κ1) is 12.9. The summed E-state index contributed by atoms with van der Waals surface area (Å²) in [5, 5.41) is 0. The molecule has 1 aliphatic heterocycles. The molecule has 1 heterocycles. The zero-order valence-electron chi connectivity index (χ0n) is 11.4. The van der Waals surface area contributed by atoms with Gasteiger partial charge >= 0.3 is 0 Å².